The van der Waals surface area contributed by atoms with E-state index < -0.39 is 0 Å². The van der Waals surface area contributed by atoms with Crippen molar-refractivity contribution in [3.63, 3.8) is 0 Å². The van der Waals surface area contributed by atoms with E-state index in [2.05, 4.69) is 29.8 Å². The van der Waals surface area contributed by atoms with E-state index in [0.29, 0.717) is 0 Å². The summed E-state index contributed by atoms with van der Waals surface area (Å²) in [5.74, 6) is 0. The average molecular weight is 254 g/mol. The number of hydrogen-bond acceptors (Lipinski definition) is 3. The zero-order valence-electron chi connectivity index (χ0n) is 11.0. The van der Waals surface area contributed by atoms with Gasteiger partial charge in [-0.1, -0.05) is 45.1 Å². The molecule has 0 aromatic carbocycles. The quantitative estimate of drug-likeness (QED) is 0.625. The summed E-state index contributed by atoms with van der Waals surface area (Å²) in [5, 5.41) is 5.53. The molecule has 1 rings (SSSR count). The molecule has 0 amide bonds. The third kappa shape index (κ3) is 6.81. The van der Waals surface area contributed by atoms with Crippen LogP contribution in [0.5, 0.6) is 0 Å². The van der Waals surface area contributed by atoms with Gasteiger partial charge in [-0.25, -0.2) is 0 Å². The highest BCUT2D eigenvalue weighted by Crippen LogP contribution is 2.15. The molecule has 1 heterocycles. The first-order chi connectivity index (χ1) is 8.34. The number of thiophene rings is 1. The van der Waals surface area contributed by atoms with Gasteiger partial charge in [-0.2, -0.15) is 0 Å². The summed E-state index contributed by atoms with van der Waals surface area (Å²) in [6.45, 7) is 4.26. The number of rotatable bonds is 10. The van der Waals surface area contributed by atoms with Crippen molar-refractivity contribution in [2.75, 3.05) is 13.1 Å². The topological polar surface area (TPSA) is 38.0 Å². The lowest BCUT2D eigenvalue weighted by molar-refractivity contribution is 0.549. The van der Waals surface area contributed by atoms with Gasteiger partial charge in [0.25, 0.3) is 0 Å². The van der Waals surface area contributed by atoms with Gasteiger partial charge in [0.1, 0.15) is 0 Å². The van der Waals surface area contributed by atoms with Crippen molar-refractivity contribution in [1.82, 2.24) is 5.32 Å². The first-order valence-corrected chi connectivity index (χ1v) is 7.72. The van der Waals surface area contributed by atoms with E-state index in [-0.39, 0.29) is 6.04 Å². The van der Waals surface area contributed by atoms with Gasteiger partial charge in [0.15, 0.2) is 0 Å². The lowest BCUT2D eigenvalue weighted by Gasteiger charge is -2.10. The Labute approximate surface area is 110 Å². The van der Waals surface area contributed by atoms with E-state index in [1.165, 1.54) is 43.4 Å². The molecule has 3 heteroatoms. The maximum absolute atomic E-state index is 6.07. The smallest absolute Gasteiger partial charge is 0.0516 e. The summed E-state index contributed by atoms with van der Waals surface area (Å²) in [6.07, 6.45) is 8.12. The van der Waals surface area contributed by atoms with Crippen LogP contribution in [-0.4, -0.2) is 13.1 Å². The molecule has 1 atom stereocenters. The minimum absolute atomic E-state index is 0.162. The largest absolute Gasteiger partial charge is 0.322 e. The summed E-state index contributed by atoms with van der Waals surface area (Å²) in [5.41, 5.74) is 6.07. The summed E-state index contributed by atoms with van der Waals surface area (Å²) in [6, 6.07) is 4.34. The Morgan fingerprint density at radius 2 is 2.00 bits per heavy atom. The van der Waals surface area contributed by atoms with E-state index in [1.54, 1.807) is 11.3 Å². The monoisotopic (exact) mass is 254 g/mol. The Morgan fingerprint density at radius 1 is 1.24 bits per heavy atom. The molecule has 0 radical (unpaired) electrons. The highest BCUT2D eigenvalue weighted by atomic mass is 32.1. The van der Waals surface area contributed by atoms with Crippen molar-refractivity contribution in [1.29, 1.82) is 0 Å². The molecule has 0 bridgehead atoms. The number of nitrogens with two attached hydrogens (primary N) is 1. The van der Waals surface area contributed by atoms with Crippen LogP contribution in [0.4, 0.5) is 0 Å². The van der Waals surface area contributed by atoms with Crippen LogP contribution in [0.25, 0.3) is 0 Å². The van der Waals surface area contributed by atoms with Crippen LogP contribution in [0, 0.1) is 0 Å². The first kappa shape index (κ1) is 14.7. The van der Waals surface area contributed by atoms with Crippen molar-refractivity contribution >= 4 is 11.3 Å². The predicted octanol–water partition coefficient (Wildman–Crippen LogP) is 3.70. The molecule has 2 nitrogen and oxygen atoms in total. The molecular formula is C14H26N2S. The minimum Gasteiger partial charge on any atom is -0.322 e. The minimum atomic E-state index is 0.162. The molecule has 1 aromatic rings. The molecule has 0 aliphatic rings. The molecular weight excluding hydrogens is 228 g/mol. The zero-order valence-corrected chi connectivity index (χ0v) is 11.8. The molecule has 98 valence electrons. The maximum Gasteiger partial charge on any atom is 0.0516 e. The summed E-state index contributed by atoms with van der Waals surface area (Å²) >= 11 is 1.74. The van der Waals surface area contributed by atoms with Crippen molar-refractivity contribution in [3.05, 3.63) is 22.4 Å². The van der Waals surface area contributed by atoms with Gasteiger partial charge in [0.2, 0.25) is 0 Å². The van der Waals surface area contributed by atoms with Crippen molar-refractivity contribution in [3.8, 4) is 0 Å². The number of nitrogens with one attached hydrogen (secondary N) is 1. The third-order valence-corrected chi connectivity index (χ3v) is 3.98. The van der Waals surface area contributed by atoms with E-state index in [0.717, 1.165) is 13.1 Å². The predicted molar refractivity (Wildman–Crippen MR) is 77.5 cm³/mol. The van der Waals surface area contributed by atoms with E-state index in [1.807, 2.05) is 0 Å². The first-order valence-electron chi connectivity index (χ1n) is 6.84. The number of unbranched alkanes of at least 4 members (excludes halogenated alkanes) is 5. The molecule has 0 aliphatic heterocycles. The Hall–Kier alpha value is -0.380. The van der Waals surface area contributed by atoms with Gasteiger partial charge in [0.05, 0.1) is 6.04 Å². The van der Waals surface area contributed by atoms with Crippen molar-refractivity contribution < 1.29 is 0 Å². The Morgan fingerprint density at radius 3 is 2.71 bits per heavy atom. The lowest BCUT2D eigenvalue weighted by Crippen LogP contribution is -2.27. The van der Waals surface area contributed by atoms with Gasteiger partial charge < -0.3 is 11.1 Å². The second-order valence-corrected chi connectivity index (χ2v) is 5.57. The standard InChI is InChI=1S/C14H26N2S/c1-2-3-4-5-6-7-10-16-12-13(15)14-9-8-11-17-14/h8-9,11,13,16H,2-7,10,12,15H2,1H3. The van der Waals surface area contributed by atoms with Crippen LogP contribution >= 0.6 is 11.3 Å². The van der Waals surface area contributed by atoms with E-state index in [4.69, 9.17) is 5.73 Å². The lowest BCUT2D eigenvalue weighted by atomic mass is 10.1. The molecule has 17 heavy (non-hydrogen) atoms. The zero-order chi connectivity index (χ0) is 12.3. The van der Waals surface area contributed by atoms with Gasteiger partial charge >= 0.3 is 0 Å². The highest BCUT2D eigenvalue weighted by Gasteiger charge is 2.05. The van der Waals surface area contributed by atoms with Crippen LogP contribution in [-0.2, 0) is 0 Å². The summed E-state index contributed by atoms with van der Waals surface area (Å²) in [7, 11) is 0. The van der Waals surface area contributed by atoms with Gasteiger partial charge in [-0.15, -0.1) is 11.3 Å². The Bertz CT molecular complexity index is 259. The average Bonchev–Trinajstić information content (AvgIpc) is 2.86. The van der Waals surface area contributed by atoms with Crippen LogP contribution in [0.3, 0.4) is 0 Å². The molecule has 1 aromatic heterocycles. The van der Waals surface area contributed by atoms with E-state index >= 15 is 0 Å². The fourth-order valence-corrected chi connectivity index (χ4v) is 2.62. The summed E-state index contributed by atoms with van der Waals surface area (Å²) < 4.78 is 0. The van der Waals surface area contributed by atoms with Crippen LogP contribution < -0.4 is 11.1 Å². The fourth-order valence-electron chi connectivity index (χ4n) is 1.89. The normalized spacial score (nSPS) is 12.8. The van der Waals surface area contributed by atoms with Crippen LogP contribution in [0.1, 0.15) is 56.4 Å². The molecule has 0 fully saturated rings. The highest BCUT2D eigenvalue weighted by molar-refractivity contribution is 7.10. The molecule has 0 spiro atoms. The van der Waals surface area contributed by atoms with Gasteiger partial charge in [-0.05, 0) is 24.4 Å². The van der Waals surface area contributed by atoms with Crippen molar-refractivity contribution in [2.45, 2.75) is 51.5 Å². The molecule has 3 N–H and O–H groups in total. The molecule has 0 saturated carbocycles. The van der Waals surface area contributed by atoms with Crippen molar-refractivity contribution in [2.24, 2.45) is 5.73 Å². The number of hydrogen-bond donors (Lipinski definition) is 2. The van der Waals surface area contributed by atoms with Gasteiger partial charge in [-0.3, -0.25) is 0 Å². The van der Waals surface area contributed by atoms with Crippen LogP contribution in [0.15, 0.2) is 17.5 Å². The fraction of sp³-hybridized carbons (Fsp3) is 0.714. The molecule has 0 aliphatic carbocycles. The second kappa shape index (κ2) is 9.63. The Kier molecular flexibility index (Phi) is 8.32. The molecule has 1 unspecified atom stereocenters. The molecule has 0 saturated heterocycles. The summed E-state index contributed by atoms with van der Waals surface area (Å²) in [4.78, 5) is 1.28. The van der Waals surface area contributed by atoms with Gasteiger partial charge in [0, 0.05) is 11.4 Å². The second-order valence-electron chi connectivity index (χ2n) is 4.59. The van der Waals surface area contributed by atoms with Crippen LogP contribution in [0.2, 0.25) is 0 Å². The SMILES string of the molecule is CCCCCCCCNCC(N)c1cccs1. The Balaban J connectivity index is 1.90. The maximum atomic E-state index is 6.07. The third-order valence-electron chi connectivity index (χ3n) is 2.98. The van der Waals surface area contributed by atoms with E-state index in [9.17, 15) is 0 Å².